The van der Waals surface area contributed by atoms with Crippen LogP contribution in [0.25, 0.3) is 0 Å². The van der Waals surface area contributed by atoms with Crippen molar-refractivity contribution in [3.8, 4) is 0 Å². The Morgan fingerprint density at radius 3 is 2.32 bits per heavy atom. The first kappa shape index (κ1) is 17.7. The number of nitrogens with one attached hydrogen (secondary N) is 1. The quantitative estimate of drug-likeness (QED) is 0.896. The molecule has 0 unspecified atom stereocenters. The minimum absolute atomic E-state index is 0.0174. The second kappa shape index (κ2) is 7.85. The summed E-state index contributed by atoms with van der Waals surface area (Å²) in [4.78, 5) is 32.8. The summed E-state index contributed by atoms with van der Waals surface area (Å²) in [5, 5.41) is 2.90. The number of likely N-dealkylation sites (tertiary alicyclic amines) is 2. The van der Waals surface area contributed by atoms with Crippen LogP contribution in [0.3, 0.4) is 0 Å². The minimum Gasteiger partial charge on any atom is -0.337 e. The molecule has 2 atom stereocenters. The molecule has 2 fully saturated rings. The Morgan fingerprint density at radius 1 is 1.04 bits per heavy atom. The lowest BCUT2D eigenvalue weighted by Gasteiger charge is -2.34. The zero-order valence-corrected chi connectivity index (χ0v) is 15.2. The van der Waals surface area contributed by atoms with Gasteiger partial charge in [0.15, 0.2) is 0 Å². The molecule has 3 heterocycles. The number of piperidine rings is 2. The van der Waals surface area contributed by atoms with E-state index in [-0.39, 0.29) is 11.9 Å². The van der Waals surface area contributed by atoms with Gasteiger partial charge in [-0.05, 0) is 49.7 Å². The molecule has 2 saturated heterocycles. The van der Waals surface area contributed by atoms with Crippen LogP contribution in [0.1, 0.15) is 50.0 Å². The molecule has 136 valence electrons. The summed E-state index contributed by atoms with van der Waals surface area (Å²) in [6.45, 7) is 7.55. The third-order valence-corrected chi connectivity index (χ3v) is 5.03. The number of aromatic nitrogens is 1. The lowest BCUT2D eigenvalue weighted by Crippen LogP contribution is -2.44. The van der Waals surface area contributed by atoms with Crippen molar-refractivity contribution in [1.82, 2.24) is 14.8 Å². The van der Waals surface area contributed by atoms with E-state index in [1.165, 1.54) is 12.8 Å². The Labute approximate surface area is 149 Å². The van der Waals surface area contributed by atoms with Gasteiger partial charge in [0.1, 0.15) is 5.69 Å². The maximum Gasteiger partial charge on any atom is 0.321 e. The largest absolute Gasteiger partial charge is 0.337 e. The second-order valence-corrected chi connectivity index (χ2v) is 7.57. The molecule has 0 aromatic carbocycles. The Bertz CT molecular complexity index is 600. The molecule has 1 aromatic heterocycles. The predicted molar refractivity (Wildman–Crippen MR) is 97.5 cm³/mol. The van der Waals surface area contributed by atoms with Crippen molar-refractivity contribution in [3.63, 3.8) is 0 Å². The highest BCUT2D eigenvalue weighted by molar-refractivity contribution is 5.93. The Kier molecular flexibility index (Phi) is 5.56. The number of urea groups is 1. The summed E-state index contributed by atoms with van der Waals surface area (Å²) in [5.41, 5.74) is 1.08. The van der Waals surface area contributed by atoms with Crippen molar-refractivity contribution >= 4 is 17.6 Å². The number of anilines is 1. The number of pyridine rings is 1. The number of rotatable bonds is 2. The van der Waals surface area contributed by atoms with Crippen LogP contribution in [0.15, 0.2) is 18.3 Å². The third-order valence-electron chi connectivity index (χ3n) is 5.03. The number of amides is 3. The van der Waals surface area contributed by atoms with Gasteiger partial charge in [-0.1, -0.05) is 13.8 Å². The molecule has 25 heavy (non-hydrogen) atoms. The summed E-state index contributed by atoms with van der Waals surface area (Å²) >= 11 is 0. The molecule has 2 aliphatic rings. The van der Waals surface area contributed by atoms with Crippen LogP contribution in [0.4, 0.5) is 10.5 Å². The van der Waals surface area contributed by atoms with Crippen LogP contribution >= 0.6 is 0 Å². The van der Waals surface area contributed by atoms with E-state index in [1.807, 2.05) is 9.80 Å². The highest BCUT2D eigenvalue weighted by Gasteiger charge is 2.25. The molecule has 1 aromatic rings. The summed E-state index contributed by atoms with van der Waals surface area (Å²) in [5.74, 6) is 1.03. The lowest BCUT2D eigenvalue weighted by molar-refractivity contribution is 0.0718. The van der Waals surface area contributed by atoms with E-state index >= 15 is 0 Å². The average Bonchev–Trinajstić information content (AvgIpc) is 2.61. The Morgan fingerprint density at radius 2 is 1.72 bits per heavy atom. The number of hydrogen-bond donors (Lipinski definition) is 1. The first-order chi connectivity index (χ1) is 12.0. The molecular weight excluding hydrogens is 316 g/mol. The van der Waals surface area contributed by atoms with Gasteiger partial charge in [0.2, 0.25) is 0 Å². The van der Waals surface area contributed by atoms with Crippen molar-refractivity contribution in [2.24, 2.45) is 11.8 Å². The fourth-order valence-corrected chi connectivity index (χ4v) is 3.88. The van der Waals surface area contributed by atoms with Gasteiger partial charge in [-0.15, -0.1) is 0 Å². The standard InChI is InChI=1S/C19H28N4O2/c1-14-10-15(2)13-23(12-14)19(25)21-16-6-7-17(20-11-16)18(24)22-8-4-3-5-9-22/h6-7,11,14-15H,3-5,8-10,12-13H2,1-2H3,(H,21,25)/t14-,15+. The zero-order chi connectivity index (χ0) is 17.8. The highest BCUT2D eigenvalue weighted by atomic mass is 16.2. The van der Waals surface area contributed by atoms with Crippen LogP contribution in [-0.2, 0) is 0 Å². The SMILES string of the molecule is C[C@@H]1C[C@H](C)CN(C(=O)Nc2ccc(C(=O)N3CCCCC3)nc2)C1. The van der Waals surface area contributed by atoms with Crippen LogP contribution in [-0.4, -0.2) is 52.9 Å². The number of nitrogens with zero attached hydrogens (tertiary/aromatic N) is 3. The van der Waals surface area contributed by atoms with E-state index in [0.717, 1.165) is 39.0 Å². The third kappa shape index (κ3) is 4.50. The maximum atomic E-state index is 12.4. The smallest absolute Gasteiger partial charge is 0.321 e. The summed E-state index contributed by atoms with van der Waals surface area (Å²) in [6.07, 6.45) is 6.06. The van der Waals surface area contributed by atoms with E-state index in [4.69, 9.17) is 0 Å². The second-order valence-electron chi connectivity index (χ2n) is 7.57. The topological polar surface area (TPSA) is 65.5 Å². The van der Waals surface area contributed by atoms with E-state index in [0.29, 0.717) is 23.2 Å². The molecular formula is C19H28N4O2. The monoisotopic (exact) mass is 344 g/mol. The molecule has 3 rings (SSSR count). The molecule has 0 saturated carbocycles. The summed E-state index contributed by atoms with van der Waals surface area (Å²) < 4.78 is 0. The molecule has 6 nitrogen and oxygen atoms in total. The van der Waals surface area contributed by atoms with Gasteiger partial charge in [-0.25, -0.2) is 9.78 Å². The molecule has 0 radical (unpaired) electrons. The van der Waals surface area contributed by atoms with E-state index in [1.54, 1.807) is 18.3 Å². The van der Waals surface area contributed by atoms with Gasteiger partial charge in [-0.2, -0.15) is 0 Å². The Hall–Kier alpha value is -2.11. The van der Waals surface area contributed by atoms with E-state index in [2.05, 4.69) is 24.1 Å². The summed E-state index contributed by atoms with van der Waals surface area (Å²) in [6, 6.07) is 3.38. The van der Waals surface area contributed by atoms with Gasteiger partial charge < -0.3 is 15.1 Å². The van der Waals surface area contributed by atoms with Crippen molar-refractivity contribution in [2.45, 2.75) is 39.5 Å². The number of carbonyl (C=O) groups excluding carboxylic acids is 2. The molecule has 2 aliphatic heterocycles. The van der Waals surface area contributed by atoms with E-state index in [9.17, 15) is 9.59 Å². The highest BCUT2D eigenvalue weighted by Crippen LogP contribution is 2.21. The fourth-order valence-electron chi connectivity index (χ4n) is 3.88. The summed E-state index contributed by atoms with van der Waals surface area (Å²) in [7, 11) is 0. The van der Waals surface area contributed by atoms with Gasteiger partial charge in [-0.3, -0.25) is 4.79 Å². The molecule has 0 aliphatic carbocycles. The van der Waals surface area contributed by atoms with E-state index < -0.39 is 0 Å². The lowest BCUT2D eigenvalue weighted by atomic mass is 9.92. The average molecular weight is 344 g/mol. The van der Waals surface area contributed by atoms with Gasteiger partial charge in [0, 0.05) is 26.2 Å². The molecule has 3 amide bonds. The minimum atomic E-state index is -0.0877. The van der Waals surface area contributed by atoms with Crippen LogP contribution in [0.2, 0.25) is 0 Å². The first-order valence-electron chi connectivity index (χ1n) is 9.34. The van der Waals surface area contributed by atoms with Crippen LogP contribution in [0, 0.1) is 11.8 Å². The Balaban J connectivity index is 1.58. The number of carbonyl (C=O) groups is 2. The van der Waals surface area contributed by atoms with Crippen LogP contribution in [0.5, 0.6) is 0 Å². The van der Waals surface area contributed by atoms with Gasteiger partial charge >= 0.3 is 6.03 Å². The zero-order valence-electron chi connectivity index (χ0n) is 15.2. The van der Waals surface area contributed by atoms with Crippen LogP contribution < -0.4 is 5.32 Å². The number of hydrogen-bond acceptors (Lipinski definition) is 3. The van der Waals surface area contributed by atoms with Crippen molar-refractivity contribution in [3.05, 3.63) is 24.0 Å². The van der Waals surface area contributed by atoms with Crippen molar-refractivity contribution in [2.75, 3.05) is 31.5 Å². The normalized spacial score (nSPS) is 24.1. The van der Waals surface area contributed by atoms with Gasteiger partial charge in [0.05, 0.1) is 11.9 Å². The fraction of sp³-hybridized carbons (Fsp3) is 0.632. The first-order valence-corrected chi connectivity index (χ1v) is 9.34. The molecule has 6 heteroatoms. The van der Waals surface area contributed by atoms with Crippen molar-refractivity contribution in [1.29, 1.82) is 0 Å². The predicted octanol–water partition coefficient (Wildman–Crippen LogP) is 3.22. The van der Waals surface area contributed by atoms with Crippen molar-refractivity contribution < 1.29 is 9.59 Å². The maximum absolute atomic E-state index is 12.4. The molecule has 0 spiro atoms. The molecule has 0 bridgehead atoms. The van der Waals surface area contributed by atoms with Gasteiger partial charge in [0.25, 0.3) is 5.91 Å². The molecule has 1 N–H and O–H groups in total.